The lowest BCUT2D eigenvalue weighted by atomic mass is 10.1. The molecular formula is C12H17NO2. The second-order valence-corrected chi connectivity index (χ2v) is 4.58. The van der Waals surface area contributed by atoms with Gasteiger partial charge in [0.05, 0.1) is 25.2 Å². The summed E-state index contributed by atoms with van der Waals surface area (Å²) in [4.78, 5) is 0. The molecule has 0 radical (unpaired) electrons. The molecule has 3 heteroatoms. The summed E-state index contributed by atoms with van der Waals surface area (Å²) in [6.07, 6.45) is 7.65. The van der Waals surface area contributed by atoms with E-state index >= 15 is 0 Å². The molecule has 1 N–H and O–H groups in total. The van der Waals surface area contributed by atoms with Gasteiger partial charge < -0.3 is 14.5 Å². The third-order valence-electron chi connectivity index (χ3n) is 3.65. The van der Waals surface area contributed by atoms with E-state index in [1.807, 2.05) is 6.07 Å². The molecule has 1 saturated carbocycles. The molecule has 3 nitrogen and oxygen atoms in total. The van der Waals surface area contributed by atoms with Crippen molar-refractivity contribution in [2.24, 2.45) is 5.92 Å². The predicted octanol–water partition coefficient (Wildman–Crippen LogP) is 2.11. The molecule has 1 aromatic heterocycles. The Morgan fingerprint density at radius 3 is 3.20 bits per heavy atom. The van der Waals surface area contributed by atoms with Crippen molar-refractivity contribution >= 4 is 0 Å². The summed E-state index contributed by atoms with van der Waals surface area (Å²) >= 11 is 0. The van der Waals surface area contributed by atoms with Crippen LogP contribution in [0.25, 0.3) is 0 Å². The second-order valence-electron chi connectivity index (χ2n) is 4.58. The minimum Gasteiger partial charge on any atom is -0.472 e. The topological polar surface area (TPSA) is 34.4 Å². The van der Waals surface area contributed by atoms with Crippen molar-refractivity contribution in [3.05, 3.63) is 24.2 Å². The highest BCUT2D eigenvalue weighted by Crippen LogP contribution is 2.31. The lowest BCUT2D eigenvalue weighted by Crippen LogP contribution is -2.32. The smallest absolute Gasteiger partial charge is 0.0980 e. The standard InChI is InChI=1S/C12H17NO2/c1-2-9-8-15-12(6-13-11(9)3-1)10-4-5-14-7-10/h4-5,7,9,11-13H,1-3,6,8H2. The number of ether oxygens (including phenoxy) is 1. The molecule has 0 aromatic carbocycles. The Labute approximate surface area is 89.8 Å². The van der Waals surface area contributed by atoms with Crippen molar-refractivity contribution in [2.45, 2.75) is 31.4 Å². The van der Waals surface area contributed by atoms with E-state index in [-0.39, 0.29) is 6.10 Å². The van der Waals surface area contributed by atoms with Crippen LogP contribution in [-0.4, -0.2) is 19.2 Å². The van der Waals surface area contributed by atoms with Crippen LogP contribution in [0.1, 0.15) is 30.9 Å². The fourth-order valence-electron chi connectivity index (χ4n) is 2.73. The number of rotatable bonds is 1. The summed E-state index contributed by atoms with van der Waals surface area (Å²) in [5.41, 5.74) is 1.16. The van der Waals surface area contributed by atoms with Gasteiger partial charge in [-0.2, -0.15) is 0 Å². The summed E-state index contributed by atoms with van der Waals surface area (Å²) in [6.45, 7) is 1.81. The van der Waals surface area contributed by atoms with Gasteiger partial charge in [0.25, 0.3) is 0 Å². The number of hydrogen-bond acceptors (Lipinski definition) is 3. The maximum absolute atomic E-state index is 5.94. The lowest BCUT2D eigenvalue weighted by molar-refractivity contribution is 0.0470. The van der Waals surface area contributed by atoms with Crippen LogP contribution in [0.3, 0.4) is 0 Å². The molecule has 3 rings (SSSR count). The first kappa shape index (κ1) is 9.43. The zero-order valence-corrected chi connectivity index (χ0v) is 8.82. The van der Waals surface area contributed by atoms with Crippen LogP contribution in [0, 0.1) is 5.92 Å². The van der Waals surface area contributed by atoms with Gasteiger partial charge in [0.1, 0.15) is 0 Å². The second kappa shape index (κ2) is 3.99. The van der Waals surface area contributed by atoms with E-state index in [0.717, 1.165) is 24.6 Å². The summed E-state index contributed by atoms with van der Waals surface area (Å²) in [6, 6.07) is 2.68. The molecule has 1 aromatic rings. The summed E-state index contributed by atoms with van der Waals surface area (Å²) in [7, 11) is 0. The van der Waals surface area contributed by atoms with Crippen LogP contribution < -0.4 is 5.32 Å². The van der Waals surface area contributed by atoms with Gasteiger partial charge in [0.2, 0.25) is 0 Å². The molecule has 15 heavy (non-hydrogen) atoms. The number of furan rings is 1. The van der Waals surface area contributed by atoms with E-state index in [1.54, 1.807) is 12.5 Å². The van der Waals surface area contributed by atoms with E-state index in [0.29, 0.717) is 6.04 Å². The van der Waals surface area contributed by atoms with Gasteiger partial charge in [-0.3, -0.25) is 0 Å². The Balaban J connectivity index is 1.69. The molecule has 0 amide bonds. The molecule has 2 heterocycles. The monoisotopic (exact) mass is 207 g/mol. The molecule has 2 fully saturated rings. The van der Waals surface area contributed by atoms with Gasteiger partial charge in [-0.1, -0.05) is 6.42 Å². The predicted molar refractivity (Wildman–Crippen MR) is 56.5 cm³/mol. The van der Waals surface area contributed by atoms with Crippen LogP contribution >= 0.6 is 0 Å². The zero-order chi connectivity index (χ0) is 10.1. The van der Waals surface area contributed by atoms with Gasteiger partial charge in [0.15, 0.2) is 0 Å². The van der Waals surface area contributed by atoms with E-state index in [9.17, 15) is 0 Å². The number of nitrogens with one attached hydrogen (secondary N) is 1. The van der Waals surface area contributed by atoms with Gasteiger partial charge in [0, 0.05) is 18.2 Å². The van der Waals surface area contributed by atoms with Crippen LogP contribution in [0.5, 0.6) is 0 Å². The fourth-order valence-corrected chi connectivity index (χ4v) is 2.73. The quantitative estimate of drug-likeness (QED) is 0.766. The Hall–Kier alpha value is -0.800. The number of hydrogen-bond donors (Lipinski definition) is 1. The van der Waals surface area contributed by atoms with Gasteiger partial charge >= 0.3 is 0 Å². The first-order valence-electron chi connectivity index (χ1n) is 5.80. The highest BCUT2D eigenvalue weighted by molar-refractivity contribution is 5.10. The molecule has 0 spiro atoms. The molecular weight excluding hydrogens is 190 g/mol. The molecule has 1 saturated heterocycles. The minimum absolute atomic E-state index is 0.175. The largest absolute Gasteiger partial charge is 0.472 e. The summed E-state index contributed by atoms with van der Waals surface area (Å²) in [5, 5.41) is 3.62. The van der Waals surface area contributed by atoms with Crippen molar-refractivity contribution in [1.29, 1.82) is 0 Å². The average Bonchev–Trinajstić information content (AvgIpc) is 2.88. The van der Waals surface area contributed by atoms with E-state index in [2.05, 4.69) is 5.32 Å². The SMILES string of the molecule is c1cc(C2CNC3CCCC3CO2)co1. The fraction of sp³-hybridized carbons (Fsp3) is 0.667. The van der Waals surface area contributed by atoms with Gasteiger partial charge in [-0.25, -0.2) is 0 Å². The molecule has 0 bridgehead atoms. The van der Waals surface area contributed by atoms with Crippen LogP contribution in [0.4, 0.5) is 0 Å². The van der Waals surface area contributed by atoms with E-state index < -0.39 is 0 Å². The Bertz CT molecular complexity index is 295. The molecule has 2 aliphatic rings. The van der Waals surface area contributed by atoms with Crippen molar-refractivity contribution in [3.63, 3.8) is 0 Å². The number of fused-ring (bicyclic) bond motifs is 1. The Morgan fingerprint density at radius 2 is 2.33 bits per heavy atom. The van der Waals surface area contributed by atoms with Crippen molar-refractivity contribution in [2.75, 3.05) is 13.2 Å². The molecule has 3 unspecified atom stereocenters. The first-order chi connectivity index (χ1) is 7.43. The first-order valence-corrected chi connectivity index (χ1v) is 5.80. The maximum Gasteiger partial charge on any atom is 0.0980 e. The van der Waals surface area contributed by atoms with Crippen molar-refractivity contribution in [1.82, 2.24) is 5.32 Å². The van der Waals surface area contributed by atoms with E-state index in [1.165, 1.54) is 19.3 Å². The molecule has 1 aliphatic carbocycles. The van der Waals surface area contributed by atoms with Gasteiger partial charge in [-0.05, 0) is 24.8 Å². The Morgan fingerprint density at radius 1 is 1.33 bits per heavy atom. The van der Waals surface area contributed by atoms with E-state index in [4.69, 9.17) is 9.15 Å². The molecule has 1 aliphatic heterocycles. The van der Waals surface area contributed by atoms with Crippen molar-refractivity contribution < 1.29 is 9.15 Å². The van der Waals surface area contributed by atoms with Crippen molar-refractivity contribution in [3.8, 4) is 0 Å². The lowest BCUT2D eigenvalue weighted by Gasteiger charge is -2.14. The normalized spacial score (nSPS) is 36.1. The average molecular weight is 207 g/mol. The minimum atomic E-state index is 0.175. The van der Waals surface area contributed by atoms with Crippen LogP contribution in [0.15, 0.2) is 23.0 Å². The highest BCUT2D eigenvalue weighted by atomic mass is 16.5. The highest BCUT2D eigenvalue weighted by Gasteiger charge is 2.31. The summed E-state index contributed by atoms with van der Waals surface area (Å²) < 4.78 is 11.0. The third kappa shape index (κ3) is 1.82. The van der Waals surface area contributed by atoms with Gasteiger partial charge in [-0.15, -0.1) is 0 Å². The summed E-state index contributed by atoms with van der Waals surface area (Å²) in [5.74, 6) is 0.724. The third-order valence-corrected chi connectivity index (χ3v) is 3.65. The maximum atomic E-state index is 5.94. The zero-order valence-electron chi connectivity index (χ0n) is 8.82. The molecule has 3 atom stereocenters. The van der Waals surface area contributed by atoms with Crippen LogP contribution in [0.2, 0.25) is 0 Å². The van der Waals surface area contributed by atoms with Crippen LogP contribution in [-0.2, 0) is 4.74 Å². The molecule has 82 valence electrons. The Kier molecular flexibility index (Phi) is 2.51.